The van der Waals surface area contributed by atoms with Crippen LogP contribution >= 0.6 is 0 Å². The average molecular weight is 391 g/mol. The van der Waals surface area contributed by atoms with Gasteiger partial charge in [0.25, 0.3) is 0 Å². The van der Waals surface area contributed by atoms with Crippen molar-refractivity contribution in [3.8, 4) is 0 Å². The molecule has 2 aliphatic rings. The fourth-order valence-corrected chi connectivity index (χ4v) is 4.98. The minimum absolute atomic E-state index is 0.196. The summed E-state index contributed by atoms with van der Waals surface area (Å²) in [4.78, 5) is 21.1. The molecule has 28 heavy (non-hydrogen) atoms. The molecule has 0 aromatic carbocycles. The second-order valence-electron chi connectivity index (χ2n) is 8.79. The van der Waals surface area contributed by atoms with Gasteiger partial charge in [-0.25, -0.2) is 4.98 Å². The molecule has 2 unspecified atom stereocenters. The van der Waals surface area contributed by atoms with Crippen molar-refractivity contribution in [1.82, 2.24) is 20.2 Å². The van der Waals surface area contributed by atoms with E-state index >= 15 is 0 Å². The lowest BCUT2D eigenvalue weighted by molar-refractivity contribution is -0.127. The molecule has 2 fully saturated rings. The highest BCUT2D eigenvalue weighted by Crippen LogP contribution is 2.41. The summed E-state index contributed by atoms with van der Waals surface area (Å²) in [5.41, 5.74) is 0.983. The SMILES string of the molecule is CCCCN(C)C[C@@H]1O[C@@H](CN[C@H](C=O)Cc2cnc[nH]2)CC2CCCCC21. The number of imidazole rings is 1. The number of ether oxygens (including phenoxy) is 1. The molecule has 5 atom stereocenters. The number of aromatic nitrogens is 2. The Bertz CT molecular complexity index is 565. The van der Waals surface area contributed by atoms with Gasteiger partial charge in [0.15, 0.2) is 0 Å². The van der Waals surface area contributed by atoms with Crippen LogP contribution in [0, 0.1) is 11.8 Å². The van der Waals surface area contributed by atoms with Gasteiger partial charge < -0.3 is 24.7 Å². The van der Waals surface area contributed by atoms with Gasteiger partial charge in [-0.3, -0.25) is 0 Å². The quantitative estimate of drug-likeness (QED) is 0.569. The molecule has 2 N–H and O–H groups in total. The molecular formula is C22H38N4O2. The van der Waals surface area contributed by atoms with E-state index in [9.17, 15) is 4.79 Å². The summed E-state index contributed by atoms with van der Waals surface area (Å²) in [5.74, 6) is 1.49. The van der Waals surface area contributed by atoms with Crippen molar-refractivity contribution in [2.24, 2.45) is 11.8 Å². The lowest BCUT2D eigenvalue weighted by Gasteiger charge is -2.46. The second-order valence-corrected chi connectivity index (χ2v) is 8.79. The van der Waals surface area contributed by atoms with Crippen LogP contribution in [-0.2, 0) is 16.0 Å². The molecule has 0 amide bonds. The van der Waals surface area contributed by atoms with E-state index in [0.29, 0.717) is 18.4 Å². The Morgan fingerprint density at radius 1 is 1.43 bits per heavy atom. The molecule has 3 rings (SSSR count). The number of rotatable bonds is 11. The van der Waals surface area contributed by atoms with Crippen LogP contribution < -0.4 is 5.32 Å². The Morgan fingerprint density at radius 3 is 3.04 bits per heavy atom. The Kier molecular flexibility index (Phi) is 8.49. The van der Waals surface area contributed by atoms with Gasteiger partial charge in [0.1, 0.15) is 6.29 Å². The van der Waals surface area contributed by atoms with Crippen molar-refractivity contribution in [3.63, 3.8) is 0 Å². The van der Waals surface area contributed by atoms with Crippen LogP contribution in [-0.4, -0.2) is 66.1 Å². The summed E-state index contributed by atoms with van der Waals surface area (Å²) >= 11 is 0. The molecule has 1 aliphatic carbocycles. The van der Waals surface area contributed by atoms with E-state index in [-0.39, 0.29) is 12.1 Å². The van der Waals surface area contributed by atoms with Crippen LogP contribution in [0.3, 0.4) is 0 Å². The predicted octanol–water partition coefficient (Wildman–Crippen LogP) is 2.81. The number of aromatic amines is 1. The number of hydrogen-bond acceptors (Lipinski definition) is 5. The normalized spacial score (nSPS) is 28.8. The molecule has 6 nitrogen and oxygen atoms in total. The first kappa shape index (κ1) is 21.5. The standard InChI is InChI=1S/C22H38N4O2/c1-3-4-9-26(2)14-22-21-8-6-5-7-17(21)10-20(28-22)13-24-19(15-27)11-18-12-23-16-25-18/h12,15-17,19-22,24H,3-11,13-14H2,1-2H3,(H,23,25)/t17?,19-,20+,21?,22-/m0/s1. The maximum atomic E-state index is 11.5. The monoisotopic (exact) mass is 390 g/mol. The number of aldehydes is 1. The van der Waals surface area contributed by atoms with Crippen LogP contribution in [0.15, 0.2) is 12.5 Å². The first-order valence-electron chi connectivity index (χ1n) is 11.2. The Labute approximate surface area is 169 Å². The maximum Gasteiger partial charge on any atom is 0.137 e. The fraction of sp³-hybridized carbons (Fsp3) is 0.818. The lowest BCUT2D eigenvalue weighted by Crippen LogP contribution is -2.51. The summed E-state index contributed by atoms with van der Waals surface area (Å²) in [6, 6.07) is -0.196. The van der Waals surface area contributed by atoms with Crippen molar-refractivity contribution in [2.45, 2.75) is 76.5 Å². The summed E-state index contributed by atoms with van der Waals surface area (Å²) < 4.78 is 6.60. The maximum absolute atomic E-state index is 11.5. The summed E-state index contributed by atoms with van der Waals surface area (Å²) in [7, 11) is 2.23. The largest absolute Gasteiger partial charge is 0.372 e. The number of nitrogens with zero attached hydrogens (tertiary/aromatic N) is 2. The molecule has 0 spiro atoms. The van der Waals surface area contributed by atoms with Crippen molar-refractivity contribution >= 4 is 6.29 Å². The van der Waals surface area contributed by atoms with Crippen LogP contribution in [0.4, 0.5) is 0 Å². The molecular weight excluding hydrogens is 352 g/mol. The molecule has 2 heterocycles. The predicted molar refractivity (Wildman–Crippen MR) is 111 cm³/mol. The number of carbonyl (C=O) groups excluding carboxylic acids is 1. The van der Waals surface area contributed by atoms with E-state index in [1.54, 1.807) is 12.5 Å². The number of unbranched alkanes of at least 4 members (excludes halogenated alkanes) is 1. The highest BCUT2D eigenvalue weighted by atomic mass is 16.5. The zero-order valence-electron chi connectivity index (χ0n) is 17.6. The van der Waals surface area contributed by atoms with Crippen LogP contribution in [0.5, 0.6) is 0 Å². The third-order valence-electron chi connectivity index (χ3n) is 6.53. The van der Waals surface area contributed by atoms with Gasteiger partial charge in [-0.05, 0) is 51.1 Å². The number of fused-ring (bicyclic) bond motifs is 1. The summed E-state index contributed by atoms with van der Waals surface area (Å²) in [6.07, 6.45) is 14.6. The van der Waals surface area contributed by atoms with Crippen LogP contribution in [0.25, 0.3) is 0 Å². The highest BCUT2D eigenvalue weighted by Gasteiger charge is 2.40. The average Bonchev–Trinajstić information content (AvgIpc) is 3.22. The van der Waals surface area contributed by atoms with Gasteiger partial charge in [0.2, 0.25) is 0 Å². The molecule has 1 aromatic heterocycles. The summed E-state index contributed by atoms with van der Waals surface area (Å²) in [6.45, 7) is 5.17. The Hall–Kier alpha value is -1.24. The molecule has 1 saturated carbocycles. The Morgan fingerprint density at radius 2 is 2.29 bits per heavy atom. The number of carbonyl (C=O) groups is 1. The van der Waals surface area contributed by atoms with Crippen molar-refractivity contribution in [3.05, 3.63) is 18.2 Å². The Balaban J connectivity index is 1.54. The minimum atomic E-state index is -0.196. The van der Waals surface area contributed by atoms with Gasteiger partial charge in [-0.15, -0.1) is 0 Å². The van der Waals surface area contributed by atoms with Gasteiger partial charge in [0.05, 0.1) is 24.6 Å². The third-order valence-corrected chi connectivity index (χ3v) is 6.53. The van der Waals surface area contributed by atoms with Crippen molar-refractivity contribution in [2.75, 3.05) is 26.7 Å². The van der Waals surface area contributed by atoms with Crippen molar-refractivity contribution < 1.29 is 9.53 Å². The zero-order chi connectivity index (χ0) is 19.8. The van der Waals surface area contributed by atoms with E-state index in [4.69, 9.17) is 4.74 Å². The van der Waals surface area contributed by atoms with Gasteiger partial charge in [-0.1, -0.05) is 26.2 Å². The molecule has 158 valence electrons. The number of hydrogen-bond donors (Lipinski definition) is 2. The van der Waals surface area contributed by atoms with Gasteiger partial charge in [0, 0.05) is 31.4 Å². The smallest absolute Gasteiger partial charge is 0.137 e. The van der Waals surface area contributed by atoms with Gasteiger partial charge in [-0.2, -0.15) is 0 Å². The third kappa shape index (κ3) is 6.13. The van der Waals surface area contributed by atoms with E-state index in [2.05, 4.69) is 34.2 Å². The van der Waals surface area contributed by atoms with Gasteiger partial charge >= 0.3 is 0 Å². The molecule has 1 aliphatic heterocycles. The number of nitrogens with one attached hydrogen (secondary N) is 2. The van der Waals surface area contributed by atoms with Crippen LogP contribution in [0.2, 0.25) is 0 Å². The molecule has 6 heteroatoms. The van der Waals surface area contributed by atoms with E-state index in [1.165, 1.54) is 38.5 Å². The second kappa shape index (κ2) is 11.1. The zero-order valence-corrected chi connectivity index (χ0v) is 17.6. The lowest BCUT2D eigenvalue weighted by atomic mass is 9.71. The first-order chi connectivity index (χ1) is 13.7. The van der Waals surface area contributed by atoms with Crippen molar-refractivity contribution in [1.29, 1.82) is 0 Å². The first-order valence-corrected chi connectivity index (χ1v) is 11.2. The topological polar surface area (TPSA) is 70.2 Å². The molecule has 1 aromatic rings. The minimum Gasteiger partial charge on any atom is -0.372 e. The highest BCUT2D eigenvalue weighted by molar-refractivity contribution is 5.58. The van der Waals surface area contributed by atoms with E-state index < -0.39 is 0 Å². The molecule has 0 radical (unpaired) electrons. The number of H-pyrrole nitrogens is 1. The summed E-state index contributed by atoms with van der Waals surface area (Å²) in [5, 5.41) is 3.43. The van der Waals surface area contributed by atoms with E-state index in [0.717, 1.165) is 44.0 Å². The molecule has 1 saturated heterocycles. The molecule has 0 bridgehead atoms. The van der Waals surface area contributed by atoms with Crippen LogP contribution in [0.1, 0.15) is 57.6 Å². The fourth-order valence-electron chi connectivity index (χ4n) is 4.98. The number of likely N-dealkylation sites (N-methyl/N-ethyl adjacent to an activating group) is 1. The van der Waals surface area contributed by atoms with E-state index in [1.807, 2.05) is 0 Å².